The standard InChI is InChI=1S/C17H15N3O2/c1-22-16-4-2-3-14(10-16)9-15(11-18)17(21)20-12-13-5-7-19-8-6-13/h2-10H,12H2,1H3,(H,20,21)/b15-9+. The van der Waals surface area contributed by atoms with E-state index >= 15 is 0 Å². The molecule has 0 fully saturated rings. The maximum absolute atomic E-state index is 12.1. The van der Waals surface area contributed by atoms with E-state index < -0.39 is 5.91 Å². The Labute approximate surface area is 128 Å². The zero-order valence-corrected chi connectivity index (χ0v) is 12.1. The number of hydrogen-bond acceptors (Lipinski definition) is 4. The second-order valence-electron chi connectivity index (χ2n) is 4.48. The predicted molar refractivity (Wildman–Crippen MR) is 82.7 cm³/mol. The van der Waals surface area contributed by atoms with Crippen molar-refractivity contribution in [3.63, 3.8) is 0 Å². The number of ether oxygens (including phenoxy) is 1. The topological polar surface area (TPSA) is 75.0 Å². The summed E-state index contributed by atoms with van der Waals surface area (Å²) in [6.45, 7) is 0.346. The summed E-state index contributed by atoms with van der Waals surface area (Å²) >= 11 is 0. The minimum atomic E-state index is -0.415. The van der Waals surface area contributed by atoms with Crippen LogP contribution in [0.4, 0.5) is 0 Å². The van der Waals surface area contributed by atoms with Gasteiger partial charge in [-0.25, -0.2) is 0 Å². The van der Waals surface area contributed by atoms with E-state index in [4.69, 9.17) is 10.00 Å². The summed E-state index contributed by atoms with van der Waals surface area (Å²) in [6, 6.07) is 12.7. The van der Waals surface area contributed by atoms with Crippen LogP contribution in [0.15, 0.2) is 54.4 Å². The third-order valence-electron chi connectivity index (χ3n) is 2.97. The van der Waals surface area contributed by atoms with Gasteiger partial charge in [0.15, 0.2) is 0 Å². The van der Waals surface area contributed by atoms with E-state index in [1.165, 1.54) is 6.08 Å². The molecule has 0 aliphatic heterocycles. The lowest BCUT2D eigenvalue weighted by atomic mass is 10.1. The van der Waals surface area contributed by atoms with Gasteiger partial charge >= 0.3 is 0 Å². The summed E-state index contributed by atoms with van der Waals surface area (Å²) < 4.78 is 5.12. The molecule has 22 heavy (non-hydrogen) atoms. The molecule has 1 amide bonds. The molecule has 0 atom stereocenters. The van der Waals surface area contributed by atoms with Crippen LogP contribution in [0.2, 0.25) is 0 Å². The number of benzene rings is 1. The van der Waals surface area contributed by atoms with E-state index in [0.29, 0.717) is 12.3 Å². The first-order chi connectivity index (χ1) is 10.7. The number of rotatable bonds is 5. The molecule has 0 saturated heterocycles. The molecule has 0 aliphatic rings. The molecule has 5 heteroatoms. The Bertz CT molecular complexity index is 718. The van der Waals surface area contributed by atoms with Crippen LogP contribution in [0.3, 0.4) is 0 Å². The average molecular weight is 293 g/mol. The van der Waals surface area contributed by atoms with Crippen LogP contribution in [0.1, 0.15) is 11.1 Å². The van der Waals surface area contributed by atoms with E-state index in [2.05, 4.69) is 10.3 Å². The number of amides is 1. The smallest absolute Gasteiger partial charge is 0.262 e. The Morgan fingerprint density at radius 1 is 1.36 bits per heavy atom. The van der Waals surface area contributed by atoms with Crippen LogP contribution in [-0.2, 0) is 11.3 Å². The Hall–Kier alpha value is -3.13. The van der Waals surface area contributed by atoms with Crippen molar-refractivity contribution in [3.05, 3.63) is 65.5 Å². The van der Waals surface area contributed by atoms with E-state index in [0.717, 1.165) is 11.1 Å². The number of methoxy groups -OCH3 is 1. The summed E-state index contributed by atoms with van der Waals surface area (Å²) in [6.07, 6.45) is 4.84. The van der Waals surface area contributed by atoms with Crippen molar-refractivity contribution in [1.29, 1.82) is 5.26 Å². The summed E-state index contributed by atoms with van der Waals surface area (Å²) in [5.74, 6) is 0.255. The number of nitriles is 1. The largest absolute Gasteiger partial charge is 0.497 e. The zero-order chi connectivity index (χ0) is 15.8. The van der Waals surface area contributed by atoms with Crippen LogP contribution >= 0.6 is 0 Å². The van der Waals surface area contributed by atoms with Crippen LogP contribution in [0, 0.1) is 11.3 Å². The van der Waals surface area contributed by atoms with Crippen molar-refractivity contribution in [2.24, 2.45) is 0 Å². The van der Waals surface area contributed by atoms with E-state index in [-0.39, 0.29) is 5.57 Å². The summed E-state index contributed by atoms with van der Waals surface area (Å²) in [7, 11) is 1.56. The number of nitrogens with one attached hydrogen (secondary N) is 1. The van der Waals surface area contributed by atoms with Gasteiger partial charge in [0.25, 0.3) is 5.91 Å². The van der Waals surface area contributed by atoms with E-state index in [9.17, 15) is 4.79 Å². The van der Waals surface area contributed by atoms with Gasteiger partial charge in [-0.2, -0.15) is 5.26 Å². The molecular weight excluding hydrogens is 278 g/mol. The maximum Gasteiger partial charge on any atom is 0.262 e. The highest BCUT2D eigenvalue weighted by Gasteiger charge is 2.08. The molecular formula is C17H15N3O2. The lowest BCUT2D eigenvalue weighted by Crippen LogP contribution is -2.23. The van der Waals surface area contributed by atoms with Gasteiger partial charge in [0, 0.05) is 18.9 Å². The third kappa shape index (κ3) is 4.18. The van der Waals surface area contributed by atoms with Gasteiger partial charge in [-0.15, -0.1) is 0 Å². The van der Waals surface area contributed by atoms with Crippen molar-refractivity contribution in [3.8, 4) is 11.8 Å². The van der Waals surface area contributed by atoms with Gasteiger partial charge in [-0.3, -0.25) is 9.78 Å². The molecule has 1 aromatic carbocycles. The molecule has 110 valence electrons. The molecule has 0 unspecified atom stereocenters. The molecule has 2 rings (SSSR count). The highest BCUT2D eigenvalue weighted by molar-refractivity contribution is 6.01. The summed E-state index contributed by atoms with van der Waals surface area (Å²) in [4.78, 5) is 16.0. The van der Waals surface area contributed by atoms with Crippen molar-refractivity contribution in [1.82, 2.24) is 10.3 Å². The molecule has 5 nitrogen and oxygen atoms in total. The first-order valence-electron chi connectivity index (χ1n) is 6.66. The van der Waals surface area contributed by atoms with E-state index in [1.807, 2.05) is 6.07 Å². The monoisotopic (exact) mass is 293 g/mol. The predicted octanol–water partition coefficient (Wildman–Crippen LogP) is 2.31. The van der Waals surface area contributed by atoms with Crippen LogP contribution in [0.5, 0.6) is 5.75 Å². The zero-order valence-electron chi connectivity index (χ0n) is 12.1. The van der Waals surface area contributed by atoms with Crippen molar-refractivity contribution in [2.75, 3.05) is 7.11 Å². The van der Waals surface area contributed by atoms with E-state index in [1.54, 1.807) is 55.9 Å². The number of carbonyl (C=O) groups is 1. The van der Waals surface area contributed by atoms with Gasteiger partial charge in [0.2, 0.25) is 0 Å². The van der Waals surface area contributed by atoms with Crippen molar-refractivity contribution in [2.45, 2.75) is 6.54 Å². The average Bonchev–Trinajstić information content (AvgIpc) is 2.58. The van der Waals surface area contributed by atoms with Gasteiger partial charge in [-0.05, 0) is 41.5 Å². The molecule has 1 N–H and O–H groups in total. The Morgan fingerprint density at radius 2 is 2.14 bits per heavy atom. The fourth-order valence-electron chi connectivity index (χ4n) is 1.82. The van der Waals surface area contributed by atoms with Crippen LogP contribution in [-0.4, -0.2) is 18.0 Å². The van der Waals surface area contributed by atoms with Gasteiger partial charge in [0.1, 0.15) is 17.4 Å². The maximum atomic E-state index is 12.1. The molecule has 1 heterocycles. The molecule has 0 radical (unpaired) electrons. The Kier molecular flexibility index (Phi) is 5.27. The van der Waals surface area contributed by atoms with Gasteiger partial charge < -0.3 is 10.1 Å². The van der Waals surface area contributed by atoms with Crippen molar-refractivity contribution >= 4 is 12.0 Å². The van der Waals surface area contributed by atoms with Gasteiger partial charge in [0.05, 0.1) is 7.11 Å². The minimum absolute atomic E-state index is 0.0438. The number of carbonyl (C=O) groups excluding carboxylic acids is 1. The summed E-state index contributed by atoms with van der Waals surface area (Å²) in [5.41, 5.74) is 1.69. The number of hydrogen-bond donors (Lipinski definition) is 1. The highest BCUT2D eigenvalue weighted by atomic mass is 16.5. The molecule has 0 saturated carbocycles. The first-order valence-corrected chi connectivity index (χ1v) is 6.66. The fourth-order valence-corrected chi connectivity index (χ4v) is 1.82. The Morgan fingerprint density at radius 3 is 2.82 bits per heavy atom. The minimum Gasteiger partial charge on any atom is -0.497 e. The second-order valence-corrected chi connectivity index (χ2v) is 4.48. The van der Waals surface area contributed by atoms with Crippen molar-refractivity contribution < 1.29 is 9.53 Å². The molecule has 1 aromatic heterocycles. The summed E-state index contributed by atoms with van der Waals surface area (Å²) in [5, 5.41) is 11.9. The molecule has 0 aliphatic carbocycles. The first kappa shape index (κ1) is 15.3. The third-order valence-corrected chi connectivity index (χ3v) is 2.97. The lowest BCUT2D eigenvalue weighted by molar-refractivity contribution is -0.117. The SMILES string of the molecule is COc1cccc(/C=C(\C#N)C(=O)NCc2ccncc2)c1. The second kappa shape index (κ2) is 7.60. The van der Waals surface area contributed by atoms with Crippen LogP contribution in [0.25, 0.3) is 6.08 Å². The normalized spacial score (nSPS) is 10.6. The van der Waals surface area contributed by atoms with Gasteiger partial charge in [-0.1, -0.05) is 12.1 Å². The highest BCUT2D eigenvalue weighted by Crippen LogP contribution is 2.15. The van der Waals surface area contributed by atoms with Crippen LogP contribution < -0.4 is 10.1 Å². The fraction of sp³-hybridized carbons (Fsp3) is 0.118. The number of pyridine rings is 1. The molecule has 0 bridgehead atoms. The lowest BCUT2D eigenvalue weighted by Gasteiger charge is -2.05. The Balaban J connectivity index is 2.08. The molecule has 2 aromatic rings. The number of aromatic nitrogens is 1. The quantitative estimate of drug-likeness (QED) is 0.678. The number of nitrogens with zero attached hydrogens (tertiary/aromatic N) is 2. The molecule has 0 spiro atoms.